The number of hydrogen-bond acceptors (Lipinski definition) is 4. The molecule has 5 heterocycles. The number of pyridine rings is 1. The zero-order chi connectivity index (χ0) is 43.1. The minimum absolute atomic E-state index is 0.0563. The smallest absolute Gasteiger partial charge is 0.212 e. The Balaban J connectivity index is 1.12. The van der Waals surface area contributed by atoms with Gasteiger partial charge in [0, 0.05) is 85.4 Å². The van der Waals surface area contributed by atoms with Gasteiger partial charge in [-0.3, -0.25) is 4.99 Å². The molecule has 0 saturated heterocycles. The van der Waals surface area contributed by atoms with Crippen LogP contribution in [0.15, 0.2) is 156 Å². The van der Waals surface area contributed by atoms with Gasteiger partial charge in [-0.15, -0.1) is 29.3 Å². The van der Waals surface area contributed by atoms with Crippen molar-refractivity contribution in [3.8, 4) is 22.4 Å². The van der Waals surface area contributed by atoms with Crippen LogP contribution in [0.2, 0.25) is 0 Å². The van der Waals surface area contributed by atoms with Gasteiger partial charge in [0.1, 0.15) is 18.2 Å². The van der Waals surface area contributed by atoms with Gasteiger partial charge < -0.3 is 4.42 Å². The van der Waals surface area contributed by atoms with E-state index in [2.05, 4.69) is 174 Å². The van der Waals surface area contributed by atoms with E-state index in [-0.39, 0.29) is 17.4 Å². The molecule has 0 bridgehead atoms. The number of furan rings is 1. The third-order valence-corrected chi connectivity index (χ3v) is 15.8. The van der Waals surface area contributed by atoms with Crippen molar-refractivity contribution in [3.63, 3.8) is 0 Å². The standard InChI is InChI=1S/C58H51N2OS2/c1-8-16-48-36(40-27-28-45-39-18-11-13-24-52(39)63-57(45)54(40)47(9-2)59-48)25-26-41-37(49-31-35(32-58(4,5)6)34(3)33-60(49)7)29-30-50-53(41)46-22-14-19-42(55(46)61-50)44-21-15-20-43-38-17-10-12-23-51(38)62-56(43)44/h8-15,17-24,27-31,33,36,48H,1-2,16,25-26,32H2,3-7H3/q+1. The summed E-state index contributed by atoms with van der Waals surface area (Å²) in [4.78, 5) is 5.50. The molecule has 0 amide bonds. The number of aryl methyl sites for hydroxylation is 3. The van der Waals surface area contributed by atoms with Crippen molar-refractivity contribution in [1.29, 1.82) is 0 Å². The molecule has 0 radical (unpaired) electrons. The second kappa shape index (κ2) is 15.3. The number of aromatic nitrogens is 1. The predicted molar refractivity (Wildman–Crippen MR) is 272 cm³/mol. The SMILES string of the molecule is C=CCC1N=C(C=C)c2c(ccc3c2sc2ccccc23)C1CCc1c(-c2cc(CC(C)(C)C)c(C)c[n+]2C)ccc2oc3c(-c4cccc5c4sc4ccccc45)cccc3c12. The van der Waals surface area contributed by atoms with E-state index < -0.39 is 0 Å². The lowest BCUT2D eigenvalue weighted by Gasteiger charge is -2.31. The van der Waals surface area contributed by atoms with Crippen LogP contribution in [0.5, 0.6) is 0 Å². The Morgan fingerprint density at radius 2 is 1.43 bits per heavy atom. The average molecular weight is 856 g/mol. The van der Waals surface area contributed by atoms with Gasteiger partial charge in [0.15, 0.2) is 6.20 Å². The summed E-state index contributed by atoms with van der Waals surface area (Å²) in [7, 11) is 2.20. The monoisotopic (exact) mass is 855 g/mol. The van der Waals surface area contributed by atoms with E-state index >= 15 is 0 Å². The third kappa shape index (κ3) is 6.59. The van der Waals surface area contributed by atoms with Gasteiger partial charge in [0.25, 0.3) is 0 Å². The van der Waals surface area contributed by atoms with E-state index in [9.17, 15) is 0 Å². The molecule has 10 aromatic rings. The zero-order valence-corrected chi connectivity index (χ0v) is 38.4. The highest BCUT2D eigenvalue weighted by atomic mass is 32.1. The lowest BCUT2D eigenvalue weighted by molar-refractivity contribution is -0.660. The highest BCUT2D eigenvalue weighted by Gasteiger charge is 2.33. The third-order valence-electron chi connectivity index (χ3n) is 13.4. The number of allylic oxidation sites excluding steroid dienone is 1. The summed E-state index contributed by atoms with van der Waals surface area (Å²) in [6.45, 7) is 17.8. The van der Waals surface area contributed by atoms with Crippen molar-refractivity contribution < 1.29 is 8.98 Å². The van der Waals surface area contributed by atoms with Gasteiger partial charge >= 0.3 is 0 Å². The fourth-order valence-electron chi connectivity index (χ4n) is 10.6. The van der Waals surface area contributed by atoms with E-state index in [0.717, 1.165) is 53.5 Å². The summed E-state index contributed by atoms with van der Waals surface area (Å²) >= 11 is 3.74. The first-order valence-corrected chi connectivity index (χ1v) is 23.9. The van der Waals surface area contributed by atoms with Crippen LogP contribution in [0, 0.1) is 12.3 Å². The minimum atomic E-state index is 0.0563. The molecule has 0 fully saturated rings. The van der Waals surface area contributed by atoms with Gasteiger partial charge in [0.05, 0.1) is 17.3 Å². The Morgan fingerprint density at radius 3 is 2.16 bits per heavy atom. The van der Waals surface area contributed by atoms with Crippen molar-refractivity contribution in [2.24, 2.45) is 17.5 Å². The second-order valence-corrected chi connectivity index (χ2v) is 20.8. The Labute approximate surface area is 377 Å². The first-order chi connectivity index (χ1) is 30.6. The number of hydrogen-bond donors (Lipinski definition) is 0. The van der Waals surface area contributed by atoms with Crippen LogP contribution >= 0.6 is 22.7 Å². The van der Waals surface area contributed by atoms with Crippen LogP contribution in [0.25, 0.3) is 84.7 Å². The fraction of sp³-hybridized carbons (Fsp3) is 0.207. The van der Waals surface area contributed by atoms with Crippen molar-refractivity contribution in [2.45, 2.75) is 65.3 Å². The maximum absolute atomic E-state index is 7.10. The van der Waals surface area contributed by atoms with Gasteiger partial charge in [0.2, 0.25) is 5.69 Å². The number of fused-ring (bicyclic) bond motifs is 11. The molecule has 1 aliphatic rings. The Bertz CT molecular complexity index is 3530. The molecule has 6 aromatic carbocycles. The molecule has 0 N–H and O–H groups in total. The molecule has 63 heavy (non-hydrogen) atoms. The number of benzene rings is 6. The number of nitrogens with zero attached hydrogens (tertiary/aromatic N) is 2. The van der Waals surface area contributed by atoms with E-state index in [1.54, 1.807) is 0 Å². The first kappa shape index (κ1) is 39.7. The van der Waals surface area contributed by atoms with Gasteiger partial charge in [-0.05, 0) is 85.1 Å². The lowest BCUT2D eigenvalue weighted by atomic mass is 9.78. The van der Waals surface area contributed by atoms with Crippen LogP contribution in [-0.4, -0.2) is 11.8 Å². The molecule has 0 spiro atoms. The molecular formula is C58H51N2OS2+. The van der Waals surface area contributed by atoms with Crippen LogP contribution in [0.4, 0.5) is 0 Å². The highest BCUT2D eigenvalue weighted by Crippen LogP contribution is 2.48. The largest absolute Gasteiger partial charge is 0.455 e. The van der Waals surface area contributed by atoms with Crippen molar-refractivity contribution in [2.75, 3.05) is 0 Å². The maximum atomic E-state index is 7.10. The van der Waals surface area contributed by atoms with Gasteiger partial charge in [-0.1, -0.05) is 118 Å². The topological polar surface area (TPSA) is 29.4 Å². The van der Waals surface area contributed by atoms with E-state index in [1.165, 1.54) is 90.4 Å². The highest BCUT2D eigenvalue weighted by molar-refractivity contribution is 7.26. The molecule has 2 unspecified atom stereocenters. The predicted octanol–water partition coefficient (Wildman–Crippen LogP) is 16.0. The molecule has 0 saturated carbocycles. The Hall–Kier alpha value is -6.14. The normalized spacial score (nSPS) is 15.5. The van der Waals surface area contributed by atoms with E-state index in [1.807, 2.05) is 34.8 Å². The van der Waals surface area contributed by atoms with Crippen LogP contribution < -0.4 is 4.57 Å². The quantitative estimate of drug-likeness (QED) is 0.105. The number of thiophene rings is 2. The maximum Gasteiger partial charge on any atom is 0.212 e. The molecule has 0 aliphatic carbocycles. The summed E-state index contributed by atoms with van der Waals surface area (Å²) in [6.07, 6.45) is 9.90. The summed E-state index contributed by atoms with van der Waals surface area (Å²) in [5, 5.41) is 7.55. The van der Waals surface area contributed by atoms with Crippen LogP contribution in [0.3, 0.4) is 0 Å². The molecule has 2 atom stereocenters. The second-order valence-electron chi connectivity index (χ2n) is 18.7. The molecule has 4 aromatic heterocycles. The van der Waals surface area contributed by atoms with Crippen LogP contribution in [-0.2, 0) is 19.9 Å². The molecule has 11 rings (SSSR count). The van der Waals surface area contributed by atoms with E-state index in [4.69, 9.17) is 9.41 Å². The van der Waals surface area contributed by atoms with Gasteiger partial charge in [-0.25, -0.2) is 4.57 Å². The molecule has 1 aliphatic heterocycles. The molecule has 310 valence electrons. The van der Waals surface area contributed by atoms with E-state index in [0.29, 0.717) is 0 Å². The summed E-state index contributed by atoms with van der Waals surface area (Å²) in [5.41, 5.74) is 14.5. The van der Waals surface area contributed by atoms with Crippen molar-refractivity contribution >= 4 is 90.7 Å². The Morgan fingerprint density at radius 1 is 0.746 bits per heavy atom. The summed E-state index contributed by atoms with van der Waals surface area (Å²) in [6, 6.07) is 42.8. The fourth-order valence-corrected chi connectivity index (χ4v) is 13.1. The van der Waals surface area contributed by atoms with Gasteiger partial charge in [-0.2, -0.15) is 0 Å². The average Bonchev–Trinajstić information content (AvgIpc) is 3.98. The van der Waals surface area contributed by atoms with Crippen molar-refractivity contribution in [1.82, 2.24) is 0 Å². The van der Waals surface area contributed by atoms with Crippen molar-refractivity contribution in [3.05, 3.63) is 175 Å². The number of para-hydroxylation sites is 1. The minimum Gasteiger partial charge on any atom is -0.455 e. The number of rotatable bonds is 9. The molecule has 5 heteroatoms. The van der Waals surface area contributed by atoms with Crippen LogP contribution in [0.1, 0.15) is 67.3 Å². The Kier molecular flexibility index (Phi) is 9.63. The molecule has 3 nitrogen and oxygen atoms in total. The zero-order valence-electron chi connectivity index (χ0n) is 36.7. The molecular weight excluding hydrogens is 805 g/mol. The summed E-state index contributed by atoms with van der Waals surface area (Å²) in [5.74, 6) is 0.182. The lowest BCUT2D eigenvalue weighted by Crippen LogP contribution is -2.32. The first-order valence-electron chi connectivity index (χ1n) is 22.2. The number of aliphatic imine (C=N–C) groups is 1. The summed E-state index contributed by atoms with van der Waals surface area (Å²) < 4.78 is 14.6.